The molecule has 0 radical (unpaired) electrons. The second-order valence-corrected chi connectivity index (χ2v) is 2.77. The lowest BCUT2D eigenvalue weighted by molar-refractivity contribution is 0.568. The highest BCUT2D eigenvalue weighted by atomic mass is 35.5. The topological polar surface area (TPSA) is 57.7 Å². The van der Waals surface area contributed by atoms with Gasteiger partial charge in [0.2, 0.25) is 5.95 Å². The summed E-state index contributed by atoms with van der Waals surface area (Å²) in [4.78, 5) is 2.18. The van der Waals surface area contributed by atoms with Crippen LogP contribution in [0.1, 0.15) is 19.3 Å². The van der Waals surface area contributed by atoms with E-state index in [1.807, 2.05) is 0 Å². The number of anilines is 1. The molecule has 2 rings (SSSR count). The van der Waals surface area contributed by atoms with Gasteiger partial charge in [-0.3, -0.25) is 0 Å². The largest absolute Gasteiger partial charge is 0.340 e. The number of H-pyrrole nitrogens is 1. The summed E-state index contributed by atoms with van der Waals surface area (Å²) in [5.41, 5.74) is 0. The van der Waals surface area contributed by atoms with Crippen LogP contribution >= 0.6 is 12.4 Å². The van der Waals surface area contributed by atoms with E-state index in [2.05, 4.69) is 25.5 Å². The predicted molar refractivity (Wildman–Crippen MR) is 47.5 cm³/mol. The first-order valence-corrected chi connectivity index (χ1v) is 3.95. The third-order valence-electron chi connectivity index (χ3n) is 1.99. The van der Waals surface area contributed by atoms with Crippen molar-refractivity contribution in [3.63, 3.8) is 0 Å². The zero-order valence-electron chi connectivity index (χ0n) is 6.73. The zero-order chi connectivity index (χ0) is 7.52. The fraction of sp³-hybridized carbons (Fsp3) is 0.833. The maximum Gasteiger partial charge on any atom is 0.242 e. The normalized spacial score (nSPS) is 17.2. The van der Waals surface area contributed by atoms with E-state index in [4.69, 9.17) is 0 Å². The van der Waals surface area contributed by atoms with Gasteiger partial charge in [-0.25, -0.2) is 5.10 Å². The van der Waals surface area contributed by atoms with E-state index in [1.54, 1.807) is 0 Å². The Kier molecular flexibility index (Phi) is 3.28. The molecule has 2 heterocycles. The number of tetrazole rings is 1. The molecule has 1 aliphatic heterocycles. The van der Waals surface area contributed by atoms with Crippen LogP contribution in [-0.2, 0) is 0 Å². The van der Waals surface area contributed by atoms with E-state index >= 15 is 0 Å². The lowest BCUT2D eigenvalue weighted by Crippen LogP contribution is -2.30. The summed E-state index contributed by atoms with van der Waals surface area (Å²) in [6.07, 6.45) is 3.83. The quantitative estimate of drug-likeness (QED) is 0.704. The van der Waals surface area contributed by atoms with Crippen molar-refractivity contribution in [2.24, 2.45) is 0 Å². The fourth-order valence-corrected chi connectivity index (χ4v) is 1.39. The minimum absolute atomic E-state index is 0. The number of hydrogen-bond donors (Lipinski definition) is 1. The van der Waals surface area contributed by atoms with Gasteiger partial charge in [0.25, 0.3) is 0 Å². The average molecular weight is 190 g/mol. The monoisotopic (exact) mass is 189 g/mol. The summed E-state index contributed by atoms with van der Waals surface area (Å²) in [6.45, 7) is 2.16. The Labute approximate surface area is 76.9 Å². The first kappa shape index (κ1) is 9.25. The number of nitrogens with one attached hydrogen (secondary N) is 1. The third-order valence-corrected chi connectivity index (χ3v) is 1.99. The highest BCUT2D eigenvalue weighted by Gasteiger charge is 2.12. The summed E-state index contributed by atoms with van der Waals surface area (Å²) in [6, 6.07) is 0. The summed E-state index contributed by atoms with van der Waals surface area (Å²) < 4.78 is 0. The van der Waals surface area contributed by atoms with Gasteiger partial charge in [0.15, 0.2) is 0 Å². The van der Waals surface area contributed by atoms with Crippen LogP contribution < -0.4 is 4.90 Å². The third kappa shape index (κ3) is 1.85. The zero-order valence-corrected chi connectivity index (χ0v) is 7.55. The van der Waals surface area contributed by atoms with Crippen molar-refractivity contribution in [2.45, 2.75) is 19.3 Å². The molecule has 0 unspecified atom stereocenters. The molecule has 12 heavy (non-hydrogen) atoms. The van der Waals surface area contributed by atoms with Crippen LogP contribution in [0.5, 0.6) is 0 Å². The molecule has 5 nitrogen and oxygen atoms in total. The molecular weight excluding hydrogens is 178 g/mol. The highest BCUT2D eigenvalue weighted by Crippen LogP contribution is 2.12. The van der Waals surface area contributed by atoms with Crippen molar-refractivity contribution in [2.75, 3.05) is 18.0 Å². The lowest BCUT2D eigenvalue weighted by Gasteiger charge is -2.24. The Balaban J connectivity index is 0.000000720. The number of nitrogens with zero attached hydrogens (tertiary/aromatic N) is 4. The van der Waals surface area contributed by atoms with E-state index in [9.17, 15) is 0 Å². The number of hydrogen-bond acceptors (Lipinski definition) is 4. The maximum absolute atomic E-state index is 3.85. The van der Waals surface area contributed by atoms with Crippen LogP contribution in [0.4, 0.5) is 5.95 Å². The Bertz CT molecular complexity index is 206. The van der Waals surface area contributed by atoms with Crippen LogP contribution in [0.3, 0.4) is 0 Å². The van der Waals surface area contributed by atoms with E-state index in [0.717, 1.165) is 19.0 Å². The predicted octanol–water partition coefficient (Wildman–Crippen LogP) is 0.612. The van der Waals surface area contributed by atoms with Gasteiger partial charge in [-0.05, 0) is 29.7 Å². The summed E-state index contributed by atoms with van der Waals surface area (Å²) >= 11 is 0. The molecule has 1 saturated heterocycles. The first-order valence-electron chi connectivity index (χ1n) is 3.95. The molecule has 1 aromatic rings. The number of halogens is 1. The van der Waals surface area contributed by atoms with E-state index in [-0.39, 0.29) is 12.4 Å². The molecule has 0 atom stereocenters. The van der Waals surface area contributed by atoms with E-state index < -0.39 is 0 Å². The van der Waals surface area contributed by atoms with Crippen LogP contribution in [0.2, 0.25) is 0 Å². The number of piperidine rings is 1. The van der Waals surface area contributed by atoms with E-state index in [0.29, 0.717) is 0 Å². The molecule has 0 spiro atoms. The van der Waals surface area contributed by atoms with Gasteiger partial charge in [-0.15, -0.1) is 12.4 Å². The molecule has 1 fully saturated rings. The maximum atomic E-state index is 3.85. The molecule has 68 valence electrons. The molecule has 0 bridgehead atoms. The van der Waals surface area contributed by atoms with Gasteiger partial charge in [0.1, 0.15) is 0 Å². The van der Waals surface area contributed by atoms with Gasteiger partial charge < -0.3 is 4.90 Å². The minimum atomic E-state index is 0. The number of aromatic amines is 1. The van der Waals surface area contributed by atoms with Crippen molar-refractivity contribution in [1.82, 2.24) is 20.6 Å². The standard InChI is InChI=1S/C6H11N5.ClH/c1-2-4-11(5-3-1)6-7-9-10-8-6;/h1-5H2,(H,7,8,9,10);1H. The van der Waals surface area contributed by atoms with Crippen LogP contribution in [0, 0.1) is 0 Å². The Hall–Kier alpha value is -0.840. The van der Waals surface area contributed by atoms with E-state index in [1.165, 1.54) is 19.3 Å². The fourth-order valence-electron chi connectivity index (χ4n) is 1.39. The molecular formula is C6H12ClN5. The van der Waals surface area contributed by atoms with Crippen molar-refractivity contribution in [3.8, 4) is 0 Å². The number of rotatable bonds is 1. The average Bonchev–Trinajstić information content (AvgIpc) is 2.58. The summed E-state index contributed by atoms with van der Waals surface area (Å²) in [5.74, 6) is 0.810. The molecule has 1 aliphatic rings. The second-order valence-electron chi connectivity index (χ2n) is 2.77. The van der Waals surface area contributed by atoms with Crippen LogP contribution in [0.25, 0.3) is 0 Å². The van der Waals surface area contributed by atoms with Crippen molar-refractivity contribution >= 4 is 18.4 Å². The van der Waals surface area contributed by atoms with Crippen LogP contribution in [0.15, 0.2) is 0 Å². The summed E-state index contributed by atoms with van der Waals surface area (Å²) in [7, 11) is 0. The van der Waals surface area contributed by atoms with Crippen molar-refractivity contribution in [3.05, 3.63) is 0 Å². The smallest absolute Gasteiger partial charge is 0.242 e. The highest BCUT2D eigenvalue weighted by molar-refractivity contribution is 5.85. The van der Waals surface area contributed by atoms with Crippen molar-refractivity contribution in [1.29, 1.82) is 0 Å². The second kappa shape index (κ2) is 4.25. The molecule has 0 aliphatic carbocycles. The first-order chi connectivity index (χ1) is 5.47. The minimum Gasteiger partial charge on any atom is -0.340 e. The number of aromatic nitrogens is 4. The van der Waals surface area contributed by atoms with Gasteiger partial charge >= 0.3 is 0 Å². The Morgan fingerprint density at radius 1 is 1.17 bits per heavy atom. The molecule has 1 aromatic heterocycles. The molecule has 0 amide bonds. The van der Waals surface area contributed by atoms with Gasteiger partial charge in [0.05, 0.1) is 0 Å². The van der Waals surface area contributed by atoms with Crippen molar-refractivity contribution < 1.29 is 0 Å². The van der Waals surface area contributed by atoms with Gasteiger partial charge in [-0.2, -0.15) is 0 Å². The SMILES string of the molecule is C1CCN(c2nnn[nH]2)CC1.Cl. The van der Waals surface area contributed by atoms with Gasteiger partial charge in [-0.1, -0.05) is 5.10 Å². The molecule has 0 saturated carbocycles. The molecule has 1 N–H and O–H groups in total. The van der Waals surface area contributed by atoms with Crippen LogP contribution in [-0.4, -0.2) is 33.7 Å². The molecule has 6 heteroatoms. The Morgan fingerprint density at radius 3 is 2.50 bits per heavy atom. The Morgan fingerprint density at radius 2 is 1.92 bits per heavy atom. The summed E-state index contributed by atoms with van der Waals surface area (Å²) in [5, 5.41) is 13.7. The van der Waals surface area contributed by atoms with Gasteiger partial charge in [0, 0.05) is 13.1 Å². The lowest BCUT2D eigenvalue weighted by atomic mass is 10.1. The molecule has 0 aromatic carbocycles.